The van der Waals surface area contributed by atoms with Crippen molar-refractivity contribution < 1.29 is 19.1 Å². The molecule has 0 heterocycles. The average Bonchev–Trinajstić information content (AvgIpc) is 2.60. The number of amides is 2. The lowest BCUT2D eigenvalue weighted by molar-refractivity contribution is -0.123. The van der Waals surface area contributed by atoms with Gasteiger partial charge in [-0.05, 0) is 37.1 Å². The molecular weight excluding hydrogens is 320 g/mol. The van der Waals surface area contributed by atoms with E-state index in [1.807, 2.05) is 25.1 Å². The summed E-state index contributed by atoms with van der Waals surface area (Å²) in [5.41, 5.74) is 7.69. The minimum absolute atomic E-state index is 0.185. The molecule has 2 aromatic carbocycles. The fraction of sp³-hybridized carbons (Fsp3) is 0.263. The molecule has 0 spiro atoms. The molecule has 132 valence electrons. The Morgan fingerprint density at radius 3 is 2.60 bits per heavy atom. The summed E-state index contributed by atoms with van der Waals surface area (Å²) in [7, 11) is 1.62. The number of hydrogen-bond acceptors (Lipinski definition) is 4. The highest BCUT2D eigenvalue weighted by Crippen LogP contribution is 2.20. The maximum absolute atomic E-state index is 11.9. The van der Waals surface area contributed by atoms with Crippen LogP contribution in [-0.4, -0.2) is 32.1 Å². The van der Waals surface area contributed by atoms with Crippen LogP contribution in [0, 0.1) is 6.92 Å². The van der Waals surface area contributed by atoms with E-state index in [0.717, 1.165) is 16.9 Å². The fourth-order valence-corrected chi connectivity index (χ4v) is 2.43. The van der Waals surface area contributed by atoms with Gasteiger partial charge < -0.3 is 20.5 Å². The van der Waals surface area contributed by atoms with Crippen LogP contribution in [0.25, 0.3) is 0 Å². The number of ether oxygens (including phenoxy) is 2. The Hall–Kier alpha value is -3.02. The van der Waals surface area contributed by atoms with E-state index in [1.54, 1.807) is 31.4 Å². The van der Waals surface area contributed by atoms with Gasteiger partial charge in [-0.25, -0.2) is 0 Å². The van der Waals surface area contributed by atoms with Crippen LogP contribution in [0.4, 0.5) is 0 Å². The normalized spacial score (nSPS) is 10.2. The van der Waals surface area contributed by atoms with Crippen LogP contribution in [0.1, 0.15) is 21.5 Å². The van der Waals surface area contributed by atoms with Crippen molar-refractivity contribution in [3.05, 3.63) is 59.2 Å². The molecule has 0 radical (unpaired) electrons. The van der Waals surface area contributed by atoms with Crippen LogP contribution in [0.3, 0.4) is 0 Å². The standard InChI is InChI=1S/C19H22N2O4/c1-13-7-8-16(24-2)14(11-13)9-10-21-18(22)12-25-17-6-4-3-5-15(17)19(20)23/h3-8,11H,9-10,12H2,1-2H3,(H2,20,23)(H,21,22). The summed E-state index contributed by atoms with van der Waals surface area (Å²) in [6.45, 7) is 2.28. The highest BCUT2D eigenvalue weighted by Gasteiger charge is 2.10. The molecule has 0 saturated heterocycles. The van der Waals surface area contributed by atoms with Crippen LogP contribution < -0.4 is 20.5 Å². The molecule has 0 atom stereocenters. The third kappa shape index (κ3) is 5.24. The molecule has 3 N–H and O–H groups in total. The first-order chi connectivity index (χ1) is 12.0. The Labute approximate surface area is 146 Å². The molecule has 6 heteroatoms. The Balaban J connectivity index is 1.84. The minimum atomic E-state index is -0.595. The molecule has 2 amide bonds. The van der Waals surface area contributed by atoms with Gasteiger partial charge in [-0.3, -0.25) is 9.59 Å². The number of primary amides is 1. The Morgan fingerprint density at radius 1 is 1.12 bits per heavy atom. The summed E-state index contributed by atoms with van der Waals surface area (Å²) in [5, 5.41) is 2.79. The minimum Gasteiger partial charge on any atom is -0.496 e. The number of hydrogen-bond donors (Lipinski definition) is 2. The average molecular weight is 342 g/mol. The molecule has 0 fully saturated rings. The number of rotatable bonds is 8. The topological polar surface area (TPSA) is 90.7 Å². The first kappa shape index (κ1) is 18.3. The van der Waals surface area contributed by atoms with Gasteiger partial charge in [-0.2, -0.15) is 0 Å². The van der Waals surface area contributed by atoms with Crippen molar-refractivity contribution in [3.8, 4) is 11.5 Å². The number of nitrogens with one attached hydrogen (secondary N) is 1. The summed E-state index contributed by atoms with van der Waals surface area (Å²) < 4.78 is 10.7. The number of aryl methyl sites for hydroxylation is 1. The summed E-state index contributed by atoms with van der Waals surface area (Å²) >= 11 is 0. The third-order valence-electron chi connectivity index (χ3n) is 3.66. The Kier molecular flexibility index (Phi) is 6.39. The van der Waals surface area contributed by atoms with Crippen molar-refractivity contribution in [3.63, 3.8) is 0 Å². The van der Waals surface area contributed by atoms with Crippen LogP contribution in [-0.2, 0) is 11.2 Å². The van der Waals surface area contributed by atoms with Crippen molar-refractivity contribution >= 4 is 11.8 Å². The van der Waals surface area contributed by atoms with Gasteiger partial charge in [0, 0.05) is 6.54 Å². The zero-order valence-corrected chi connectivity index (χ0v) is 14.4. The highest BCUT2D eigenvalue weighted by atomic mass is 16.5. The van der Waals surface area contributed by atoms with Crippen molar-refractivity contribution in [1.29, 1.82) is 0 Å². The van der Waals surface area contributed by atoms with E-state index in [2.05, 4.69) is 5.32 Å². The number of carbonyl (C=O) groups excluding carboxylic acids is 2. The third-order valence-corrected chi connectivity index (χ3v) is 3.66. The van der Waals surface area contributed by atoms with Crippen LogP contribution >= 0.6 is 0 Å². The smallest absolute Gasteiger partial charge is 0.257 e. The predicted molar refractivity (Wildman–Crippen MR) is 94.9 cm³/mol. The molecule has 0 aliphatic heterocycles. The largest absolute Gasteiger partial charge is 0.496 e. The summed E-state index contributed by atoms with van der Waals surface area (Å²) in [6.07, 6.45) is 0.647. The SMILES string of the molecule is COc1ccc(C)cc1CCNC(=O)COc1ccccc1C(N)=O. The maximum atomic E-state index is 11.9. The van der Waals surface area contributed by atoms with Gasteiger partial charge in [-0.15, -0.1) is 0 Å². The number of para-hydroxylation sites is 1. The van der Waals surface area contributed by atoms with Gasteiger partial charge in [0.05, 0.1) is 12.7 Å². The quantitative estimate of drug-likeness (QED) is 0.766. The lowest BCUT2D eigenvalue weighted by Gasteiger charge is -2.11. The number of nitrogens with two attached hydrogens (primary N) is 1. The molecule has 0 aromatic heterocycles. The van der Waals surface area contributed by atoms with Gasteiger partial charge in [0.25, 0.3) is 11.8 Å². The molecule has 0 saturated carbocycles. The maximum Gasteiger partial charge on any atom is 0.257 e. The van der Waals surface area contributed by atoms with Crippen molar-refractivity contribution in [2.45, 2.75) is 13.3 Å². The molecule has 2 rings (SSSR count). The summed E-state index contributed by atoms with van der Waals surface area (Å²) in [4.78, 5) is 23.2. The zero-order valence-electron chi connectivity index (χ0n) is 14.4. The first-order valence-corrected chi connectivity index (χ1v) is 7.93. The van der Waals surface area contributed by atoms with E-state index >= 15 is 0 Å². The zero-order chi connectivity index (χ0) is 18.2. The molecule has 0 aliphatic rings. The van der Waals surface area contributed by atoms with E-state index in [1.165, 1.54) is 0 Å². The van der Waals surface area contributed by atoms with E-state index in [9.17, 15) is 9.59 Å². The second kappa shape index (κ2) is 8.73. The van der Waals surface area contributed by atoms with Crippen molar-refractivity contribution in [2.75, 3.05) is 20.3 Å². The molecule has 0 bridgehead atoms. The molecule has 0 unspecified atom stereocenters. The fourth-order valence-electron chi connectivity index (χ4n) is 2.43. The Bertz CT molecular complexity index is 759. The van der Waals surface area contributed by atoms with Gasteiger partial charge in [0.2, 0.25) is 0 Å². The lowest BCUT2D eigenvalue weighted by Crippen LogP contribution is -2.31. The Morgan fingerprint density at radius 2 is 1.88 bits per heavy atom. The second-order valence-corrected chi connectivity index (χ2v) is 5.56. The monoisotopic (exact) mass is 342 g/mol. The highest BCUT2D eigenvalue weighted by molar-refractivity contribution is 5.95. The molecular formula is C19H22N2O4. The number of methoxy groups -OCH3 is 1. The number of benzene rings is 2. The van der Waals surface area contributed by atoms with E-state index in [0.29, 0.717) is 18.7 Å². The first-order valence-electron chi connectivity index (χ1n) is 7.93. The summed E-state index contributed by atoms with van der Waals surface area (Å²) in [5.74, 6) is 0.227. The van der Waals surface area contributed by atoms with Gasteiger partial charge in [0.1, 0.15) is 11.5 Å². The van der Waals surface area contributed by atoms with E-state index in [-0.39, 0.29) is 18.1 Å². The van der Waals surface area contributed by atoms with Crippen LogP contribution in [0.2, 0.25) is 0 Å². The molecule has 0 aliphatic carbocycles. The van der Waals surface area contributed by atoms with Gasteiger partial charge >= 0.3 is 0 Å². The van der Waals surface area contributed by atoms with Gasteiger partial charge in [-0.1, -0.05) is 29.8 Å². The second-order valence-electron chi connectivity index (χ2n) is 5.56. The van der Waals surface area contributed by atoms with Crippen molar-refractivity contribution in [1.82, 2.24) is 5.32 Å². The van der Waals surface area contributed by atoms with Gasteiger partial charge in [0.15, 0.2) is 6.61 Å². The molecule has 6 nitrogen and oxygen atoms in total. The van der Waals surface area contributed by atoms with Crippen LogP contribution in [0.15, 0.2) is 42.5 Å². The van der Waals surface area contributed by atoms with E-state index in [4.69, 9.17) is 15.2 Å². The van der Waals surface area contributed by atoms with Crippen molar-refractivity contribution in [2.24, 2.45) is 5.73 Å². The van der Waals surface area contributed by atoms with Crippen LogP contribution in [0.5, 0.6) is 11.5 Å². The number of carbonyl (C=O) groups is 2. The predicted octanol–water partition coefficient (Wildman–Crippen LogP) is 1.84. The van der Waals surface area contributed by atoms with E-state index < -0.39 is 5.91 Å². The molecule has 2 aromatic rings. The lowest BCUT2D eigenvalue weighted by atomic mass is 10.1. The summed E-state index contributed by atoms with van der Waals surface area (Å²) in [6, 6.07) is 12.5. The molecule has 25 heavy (non-hydrogen) atoms.